The van der Waals surface area contributed by atoms with Gasteiger partial charge in [-0.05, 0) is 25.3 Å². The molecule has 68 valence electrons. The first-order valence-electron chi connectivity index (χ1n) is 3.92. The van der Waals surface area contributed by atoms with E-state index in [1.807, 2.05) is 31.4 Å². The topological polar surface area (TPSA) is 35.2 Å². The number of rotatable bonds is 3. The fourth-order valence-electron chi connectivity index (χ4n) is 0.938. The van der Waals surface area contributed by atoms with Gasteiger partial charge in [-0.1, -0.05) is 6.07 Å². The van der Waals surface area contributed by atoms with Crippen LogP contribution < -0.4 is 5.73 Å². The maximum absolute atomic E-state index is 6.01. The number of thiophene rings is 1. The van der Waals surface area contributed by atoms with E-state index in [1.165, 1.54) is 4.88 Å². The van der Waals surface area contributed by atoms with Crippen molar-refractivity contribution in [3.63, 3.8) is 0 Å². The first-order valence-corrected chi connectivity index (χ1v) is 4.80. The van der Waals surface area contributed by atoms with Crippen LogP contribution in [0.5, 0.6) is 0 Å². The molecule has 12 heavy (non-hydrogen) atoms. The highest BCUT2D eigenvalue weighted by molar-refractivity contribution is 7.10. The molecule has 0 saturated heterocycles. The Morgan fingerprint density at radius 3 is 2.67 bits per heavy atom. The molecule has 1 rings (SSSR count). The van der Waals surface area contributed by atoms with Gasteiger partial charge in [-0.3, -0.25) is 0 Å². The lowest BCUT2D eigenvalue weighted by Gasteiger charge is -2.29. The van der Waals surface area contributed by atoms with Gasteiger partial charge in [0.25, 0.3) is 0 Å². The Hall–Kier alpha value is -0.380. The van der Waals surface area contributed by atoms with E-state index in [-0.39, 0.29) is 11.6 Å². The average Bonchev–Trinajstić information content (AvgIpc) is 2.55. The molecular formula is C9H15NOS. The summed E-state index contributed by atoms with van der Waals surface area (Å²) in [6.07, 6.45) is 0. The highest BCUT2D eigenvalue weighted by Gasteiger charge is 2.27. The zero-order chi connectivity index (χ0) is 9.19. The molecule has 0 spiro atoms. The summed E-state index contributed by atoms with van der Waals surface area (Å²) >= 11 is 1.67. The number of ether oxygens (including phenoxy) is 1. The number of hydrogen-bond donors (Lipinski definition) is 1. The zero-order valence-electron chi connectivity index (χ0n) is 7.70. The molecule has 2 nitrogen and oxygen atoms in total. The predicted molar refractivity (Wildman–Crippen MR) is 52.3 cm³/mol. The van der Waals surface area contributed by atoms with Crippen LogP contribution in [0.3, 0.4) is 0 Å². The lowest BCUT2D eigenvalue weighted by Crippen LogP contribution is -2.36. The van der Waals surface area contributed by atoms with E-state index in [1.54, 1.807) is 18.4 Å². The molecule has 1 unspecified atom stereocenters. The molecule has 0 radical (unpaired) electrons. The van der Waals surface area contributed by atoms with Crippen molar-refractivity contribution in [2.75, 3.05) is 7.11 Å². The monoisotopic (exact) mass is 185 g/mol. The highest BCUT2D eigenvalue weighted by atomic mass is 32.1. The van der Waals surface area contributed by atoms with Gasteiger partial charge in [-0.15, -0.1) is 11.3 Å². The summed E-state index contributed by atoms with van der Waals surface area (Å²) in [5, 5.41) is 2.03. The molecule has 0 fully saturated rings. The molecule has 2 N–H and O–H groups in total. The summed E-state index contributed by atoms with van der Waals surface area (Å²) in [5.74, 6) is 0. The SMILES string of the molecule is COC(C)(C)C(N)c1cccs1. The van der Waals surface area contributed by atoms with Gasteiger partial charge in [0.05, 0.1) is 11.6 Å². The first kappa shape index (κ1) is 9.71. The molecule has 0 aliphatic rings. The normalized spacial score (nSPS) is 14.7. The Labute approximate surface area is 77.3 Å². The van der Waals surface area contributed by atoms with Gasteiger partial charge in [-0.2, -0.15) is 0 Å². The molecule has 0 saturated carbocycles. The van der Waals surface area contributed by atoms with E-state index in [0.29, 0.717) is 0 Å². The fraction of sp³-hybridized carbons (Fsp3) is 0.556. The molecule has 0 aliphatic heterocycles. The first-order chi connectivity index (χ1) is 5.58. The molecule has 0 amide bonds. The molecule has 0 aliphatic carbocycles. The van der Waals surface area contributed by atoms with Gasteiger partial charge in [0.2, 0.25) is 0 Å². The van der Waals surface area contributed by atoms with Crippen LogP contribution >= 0.6 is 11.3 Å². The van der Waals surface area contributed by atoms with Crippen molar-refractivity contribution in [2.24, 2.45) is 5.73 Å². The van der Waals surface area contributed by atoms with Crippen LogP contribution in [0, 0.1) is 0 Å². The second-order valence-corrected chi connectivity index (χ2v) is 4.28. The van der Waals surface area contributed by atoms with E-state index >= 15 is 0 Å². The summed E-state index contributed by atoms with van der Waals surface area (Å²) in [4.78, 5) is 1.17. The van der Waals surface area contributed by atoms with Crippen LogP contribution in [-0.2, 0) is 4.74 Å². The lowest BCUT2D eigenvalue weighted by molar-refractivity contribution is 0.000863. The van der Waals surface area contributed by atoms with Crippen molar-refractivity contribution in [2.45, 2.75) is 25.5 Å². The van der Waals surface area contributed by atoms with Crippen molar-refractivity contribution in [1.29, 1.82) is 0 Å². The summed E-state index contributed by atoms with van der Waals surface area (Å²) in [6.45, 7) is 3.99. The second-order valence-electron chi connectivity index (χ2n) is 3.30. The quantitative estimate of drug-likeness (QED) is 0.783. The van der Waals surface area contributed by atoms with Crippen molar-refractivity contribution in [3.8, 4) is 0 Å². The van der Waals surface area contributed by atoms with Gasteiger partial charge in [-0.25, -0.2) is 0 Å². The molecular weight excluding hydrogens is 170 g/mol. The van der Waals surface area contributed by atoms with Gasteiger partial charge >= 0.3 is 0 Å². The van der Waals surface area contributed by atoms with Crippen LogP contribution in [0.1, 0.15) is 24.8 Å². The third-order valence-corrected chi connectivity index (χ3v) is 3.08. The van der Waals surface area contributed by atoms with Crippen LogP contribution in [0.4, 0.5) is 0 Å². The van der Waals surface area contributed by atoms with E-state index < -0.39 is 0 Å². The fourth-order valence-corrected chi connectivity index (χ4v) is 1.84. The van der Waals surface area contributed by atoms with E-state index in [0.717, 1.165) is 0 Å². The van der Waals surface area contributed by atoms with E-state index in [4.69, 9.17) is 10.5 Å². The Balaban J connectivity index is 2.78. The Morgan fingerprint density at radius 1 is 1.58 bits per heavy atom. The number of hydrogen-bond acceptors (Lipinski definition) is 3. The maximum atomic E-state index is 6.01. The summed E-state index contributed by atoms with van der Waals surface area (Å²) in [6, 6.07) is 4.00. The zero-order valence-corrected chi connectivity index (χ0v) is 8.52. The molecule has 3 heteroatoms. The van der Waals surface area contributed by atoms with Gasteiger partial charge in [0.1, 0.15) is 0 Å². The molecule has 0 bridgehead atoms. The minimum absolute atomic E-state index is 0.0394. The average molecular weight is 185 g/mol. The summed E-state index contributed by atoms with van der Waals surface area (Å²) in [7, 11) is 1.69. The number of methoxy groups -OCH3 is 1. The molecule has 1 atom stereocenters. The van der Waals surface area contributed by atoms with E-state index in [2.05, 4.69) is 0 Å². The van der Waals surface area contributed by atoms with Crippen LogP contribution in [0.15, 0.2) is 17.5 Å². The van der Waals surface area contributed by atoms with Crippen molar-refractivity contribution in [1.82, 2.24) is 0 Å². The van der Waals surface area contributed by atoms with Gasteiger partial charge in [0, 0.05) is 12.0 Å². The Bertz CT molecular complexity index is 231. The summed E-state index contributed by atoms with van der Waals surface area (Å²) in [5.41, 5.74) is 5.73. The Morgan fingerprint density at radius 2 is 2.25 bits per heavy atom. The van der Waals surface area contributed by atoms with Gasteiger partial charge in [0.15, 0.2) is 0 Å². The molecule has 1 aromatic rings. The molecule has 1 heterocycles. The van der Waals surface area contributed by atoms with Crippen LogP contribution in [0.25, 0.3) is 0 Å². The van der Waals surface area contributed by atoms with Gasteiger partial charge < -0.3 is 10.5 Å². The number of nitrogens with two attached hydrogens (primary N) is 1. The van der Waals surface area contributed by atoms with E-state index in [9.17, 15) is 0 Å². The highest BCUT2D eigenvalue weighted by Crippen LogP contribution is 2.28. The Kier molecular flexibility index (Phi) is 2.88. The minimum Gasteiger partial charge on any atom is -0.377 e. The summed E-state index contributed by atoms with van der Waals surface area (Å²) < 4.78 is 5.30. The third kappa shape index (κ3) is 1.86. The van der Waals surface area contributed by atoms with Crippen molar-refractivity contribution < 1.29 is 4.74 Å². The maximum Gasteiger partial charge on any atom is 0.0822 e. The van der Waals surface area contributed by atoms with Crippen molar-refractivity contribution in [3.05, 3.63) is 22.4 Å². The minimum atomic E-state index is -0.287. The predicted octanol–water partition coefficient (Wildman–Crippen LogP) is 2.17. The molecule has 1 aromatic heterocycles. The second kappa shape index (κ2) is 3.56. The van der Waals surface area contributed by atoms with Crippen molar-refractivity contribution >= 4 is 11.3 Å². The standard InChI is InChI=1S/C9H15NOS/c1-9(2,11-3)8(10)7-5-4-6-12-7/h4-6,8H,10H2,1-3H3. The smallest absolute Gasteiger partial charge is 0.0822 e. The lowest BCUT2D eigenvalue weighted by atomic mass is 9.98. The third-order valence-electron chi connectivity index (χ3n) is 2.12. The largest absolute Gasteiger partial charge is 0.377 e. The van der Waals surface area contributed by atoms with Crippen LogP contribution in [0.2, 0.25) is 0 Å². The molecule has 0 aromatic carbocycles. The van der Waals surface area contributed by atoms with Crippen LogP contribution in [-0.4, -0.2) is 12.7 Å².